The summed E-state index contributed by atoms with van der Waals surface area (Å²) in [4.78, 5) is 27.6. The quantitative estimate of drug-likeness (QED) is 0.565. The number of rotatable bonds is 6. The van der Waals surface area contributed by atoms with E-state index in [9.17, 15) is 22.8 Å². The van der Waals surface area contributed by atoms with Crippen molar-refractivity contribution in [1.82, 2.24) is 10.3 Å². The molecule has 1 heterocycles. The molecule has 0 radical (unpaired) electrons. The molecule has 29 heavy (non-hydrogen) atoms. The van der Waals surface area contributed by atoms with Crippen LogP contribution in [0.1, 0.15) is 22.5 Å². The van der Waals surface area contributed by atoms with Crippen LogP contribution in [0, 0.1) is 17.6 Å². The number of nitrogens with two attached hydrogens (primary N) is 2. The van der Waals surface area contributed by atoms with Gasteiger partial charge in [0.15, 0.2) is 11.6 Å². The lowest BCUT2D eigenvalue weighted by molar-refractivity contribution is 0.102. The smallest absolute Gasteiger partial charge is 0.312 e. The summed E-state index contributed by atoms with van der Waals surface area (Å²) in [6.07, 6.45) is 1.52. The Kier molecular flexibility index (Phi) is 5.67. The van der Waals surface area contributed by atoms with Crippen LogP contribution >= 0.6 is 11.6 Å². The Balaban J connectivity index is 2.01. The van der Waals surface area contributed by atoms with Crippen molar-refractivity contribution in [2.75, 3.05) is 12.0 Å². The highest BCUT2D eigenvalue weighted by molar-refractivity contribution is 6.30. The maximum atomic E-state index is 14.6. The van der Waals surface area contributed by atoms with Crippen LogP contribution in [0.15, 0.2) is 30.5 Å². The number of amides is 3. The first-order valence-electron chi connectivity index (χ1n) is 8.49. The third-order valence-electron chi connectivity index (χ3n) is 4.76. The van der Waals surface area contributed by atoms with Gasteiger partial charge in [0.1, 0.15) is 17.9 Å². The fraction of sp³-hybridized carbons (Fsp3) is 0.278. The van der Waals surface area contributed by atoms with Crippen LogP contribution in [0.5, 0.6) is 0 Å². The number of nitrogens with zero attached hydrogens (tertiary/aromatic N) is 1. The number of alkyl halides is 1. The molecule has 1 aromatic heterocycles. The average molecular weight is 428 g/mol. The topological polar surface area (TPSA) is 123 Å². The van der Waals surface area contributed by atoms with Crippen LogP contribution in [0.3, 0.4) is 0 Å². The first-order valence-corrected chi connectivity index (χ1v) is 8.87. The molecule has 0 spiro atoms. The van der Waals surface area contributed by atoms with Gasteiger partial charge in [-0.25, -0.2) is 22.9 Å². The van der Waals surface area contributed by atoms with Gasteiger partial charge in [-0.1, -0.05) is 11.6 Å². The summed E-state index contributed by atoms with van der Waals surface area (Å²) in [7, 11) is 0. The van der Waals surface area contributed by atoms with Gasteiger partial charge < -0.3 is 22.1 Å². The van der Waals surface area contributed by atoms with Gasteiger partial charge in [0.2, 0.25) is 0 Å². The molecule has 2 aromatic rings. The molecule has 1 saturated carbocycles. The number of nitrogens with one attached hydrogen (secondary N) is 2. The molecule has 7 nitrogen and oxygen atoms in total. The number of hydrogen-bond donors (Lipinski definition) is 4. The molecule has 3 amide bonds. The first-order chi connectivity index (χ1) is 13.7. The molecular formula is C18H17ClF3N5O2. The zero-order chi connectivity index (χ0) is 21.3. The van der Waals surface area contributed by atoms with Gasteiger partial charge >= 0.3 is 6.03 Å². The number of anilines is 1. The number of carbonyl (C=O) groups excluding carboxylic acids is 2. The van der Waals surface area contributed by atoms with Crippen molar-refractivity contribution in [3.05, 3.63) is 58.4 Å². The number of primary amides is 1. The highest BCUT2D eigenvalue weighted by Crippen LogP contribution is 2.46. The van der Waals surface area contributed by atoms with Gasteiger partial charge in [-0.2, -0.15) is 0 Å². The second kappa shape index (κ2) is 7.88. The number of pyridine rings is 1. The van der Waals surface area contributed by atoms with Crippen molar-refractivity contribution in [3.8, 4) is 0 Å². The second-order valence-corrected chi connectivity index (χ2v) is 7.17. The van der Waals surface area contributed by atoms with Crippen LogP contribution in [0.4, 0.5) is 23.7 Å². The Labute approximate surface area is 168 Å². The van der Waals surface area contributed by atoms with E-state index in [1.54, 1.807) is 0 Å². The molecule has 0 aliphatic heterocycles. The van der Waals surface area contributed by atoms with Crippen LogP contribution in [0.2, 0.25) is 5.02 Å². The van der Waals surface area contributed by atoms with Crippen molar-refractivity contribution in [2.24, 2.45) is 17.4 Å². The summed E-state index contributed by atoms with van der Waals surface area (Å²) >= 11 is 5.71. The lowest BCUT2D eigenvalue weighted by Gasteiger charge is -2.33. The number of urea groups is 1. The molecule has 1 aliphatic carbocycles. The van der Waals surface area contributed by atoms with Crippen molar-refractivity contribution in [2.45, 2.75) is 18.0 Å². The number of aromatic nitrogens is 1. The number of benzene rings is 1. The predicted molar refractivity (Wildman–Crippen MR) is 100 cm³/mol. The van der Waals surface area contributed by atoms with Crippen LogP contribution < -0.4 is 22.1 Å². The molecule has 6 N–H and O–H groups in total. The summed E-state index contributed by atoms with van der Waals surface area (Å²) in [5, 5.41) is 4.84. The molecule has 0 saturated heterocycles. The highest BCUT2D eigenvalue weighted by Gasteiger charge is 2.54. The van der Waals surface area contributed by atoms with E-state index in [0.717, 1.165) is 12.1 Å². The summed E-state index contributed by atoms with van der Waals surface area (Å²) in [5.41, 5.74) is 8.24. The van der Waals surface area contributed by atoms with E-state index in [1.165, 1.54) is 18.3 Å². The Morgan fingerprint density at radius 3 is 2.52 bits per heavy atom. The Hall–Kier alpha value is -2.85. The van der Waals surface area contributed by atoms with Crippen molar-refractivity contribution in [1.29, 1.82) is 0 Å². The standard InChI is InChI=1S/C18H17ClF3N5O2/c19-8-1-2-14(25-6-8)16(28)26-9-3-11(15(22)12(21)4-9)18(7-20,27-17(24)29)10-5-13(10)23/h1-4,6,10,13H,5,7,23H2,(H,26,28)(H3,24,27,29)/t10-,13+,18-/m0/s1. The molecule has 11 heteroatoms. The molecule has 3 atom stereocenters. The van der Waals surface area contributed by atoms with E-state index in [0.29, 0.717) is 5.02 Å². The van der Waals surface area contributed by atoms with Gasteiger partial charge in [-0.05, 0) is 24.6 Å². The van der Waals surface area contributed by atoms with Gasteiger partial charge in [0.05, 0.1) is 5.02 Å². The summed E-state index contributed by atoms with van der Waals surface area (Å²) in [6.45, 7) is -1.28. The predicted octanol–water partition coefficient (Wildman–Crippen LogP) is 2.45. The molecule has 1 aromatic carbocycles. The normalized spacial score (nSPS) is 19.9. The molecule has 1 fully saturated rings. The van der Waals surface area contributed by atoms with E-state index < -0.39 is 53.3 Å². The van der Waals surface area contributed by atoms with Crippen molar-refractivity contribution < 1.29 is 22.8 Å². The van der Waals surface area contributed by atoms with Crippen LogP contribution in [-0.2, 0) is 5.54 Å². The third-order valence-corrected chi connectivity index (χ3v) is 4.98. The summed E-state index contributed by atoms with van der Waals surface area (Å²) in [5.74, 6) is -4.15. The zero-order valence-corrected chi connectivity index (χ0v) is 15.6. The minimum Gasteiger partial charge on any atom is -0.352 e. The Morgan fingerprint density at radius 2 is 2.00 bits per heavy atom. The van der Waals surface area contributed by atoms with E-state index in [-0.39, 0.29) is 17.8 Å². The Morgan fingerprint density at radius 1 is 1.31 bits per heavy atom. The average Bonchev–Trinajstić information content (AvgIpc) is 3.40. The minimum atomic E-state index is -1.96. The highest BCUT2D eigenvalue weighted by atomic mass is 35.5. The third kappa shape index (κ3) is 4.13. The van der Waals surface area contributed by atoms with Gasteiger partial charge in [-0.15, -0.1) is 0 Å². The first kappa shape index (κ1) is 20.9. The molecule has 0 unspecified atom stereocenters. The van der Waals surface area contributed by atoms with E-state index >= 15 is 0 Å². The maximum absolute atomic E-state index is 14.6. The number of hydrogen-bond acceptors (Lipinski definition) is 4. The SMILES string of the molecule is NC(=O)N[C@](CF)(c1cc(NC(=O)c2ccc(Cl)cn2)cc(F)c1F)[C@H]1C[C@H]1N. The van der Waals surface area contributed by atoms with Crippen LogP contribution in [-0.4, -0.2) is 29.6 Å². The van der Waals surface area contributed by atoms with Gasteiger partial charge in [-0.3, -0.25) is 4.79 Å². The maximum Gasteiger partial charge on any atom is 0.312 e. The Bertz CT molecular complexity index is 959. The molecule has 0 bridgehead atoms. The molecule has 1 aliphatic rings. The van der Waals surface area contributed by atoms with Crippen molar-refractivity contribution in [3.63, 3.8) is 0 Å². The largest absolute Gasteiger partial charge is 0.352 e. The number of halogens is 4. The molecule has 3 rings (SSSR count). The van der Waals surface area contributed by atoms with Crippen molar-refractivity contribution >= 4 is 29.2 Å². The van der Waals surface area contributed by atoms with E-state index in [2.05, 4.69) is 15.6 Å². The number of carbonyl (C=O) groups is 2. The zero-order valence-electron chi connectivity index (χ0n) is 14.9. The van der Waals surface area contributed by atoms with E-state index in [4.69, 9.17) is 23.1 Å². The lowest BCUT2D eigenvalue weighted by atomic mass is 9.84. The van der Waals surface area contributed by atoms with E-state index in [1.807, 2.05) is 0 Å². The van der Waals surface area contributed by atoms with Gasteiger partial charge in [0, 0.05) is 35.5 Å². The molecule has 154 valence electrons. The minimum absolute atomic E-state index is 0.0306. The van der Waals surface area contributed by atoms with Crippen LogP contribution in [0.25, 0.3) is 0 Å². The molecular weight excluding hydrogens is 411 g/mol. The fourth-order valence-electron chi connectivity index (χ4n) is 3.26. The van der Waals surface area contributed by atoms with Gasteiger partial charge in [0.25, 0.3) is 5.91 Å². The fourth-order valence-corrected chi connectivity index (χ4v) is 3.37. The lowest BCUT2D eigenvalue weighted by Crippen LogP contribution is -2.53. The monoisotopic (exact) mass is 427 g/mol. The summed E-state index contributed by atoms with van der Waals surface area (Å²) < 4.78 is 43.0. The second-order valence-electron chi connectivity index (χ2n) is 6.74. The summed E-state index contributed by atoms with van der Waals surface area (Å²) in [6, 6.07) is 2.87.